The van der Waals surface area contributed by atoms with Crippen molar-refractivity contribution in [1.82, 2.24) is 10.3 Å². The highest BCUT2D eigenvalue weighted by molar-refractivity contribution is 9.10. The minimum Gasteiger partial charge on any atom is -0.493 e. The van der Waals surface area contributed by atoms with Crippen LogP contribution in [0.15, 0.2) is 46.0 Å². The molecule has 1 aliphatic heterocycles. The highest BCUT2D eigenvalue weighted by Crippen LogP contribution is 2.33. The van der Waals surface area contributed by atoms with Crippen LogP contribution in [0.3, 0.4) is 0 Å². The van der Waals surface area contributed by atoms with Crippen LogP contribution >= 0.6 is 15.9 Å². The third-order valence-electron chi connectivity index (χ3n) is 4.66. The molecule has 1 N–H and O–H groups in total. The lowest BCUT2D eigenvalue weighted by molar-refractivity contribution is -0.123. The molecule has 0 aromatic heterocycles. The number of aryl methyl sites for hydroxylation is 1. The lowest BCUT2D eigenvalue weighted by atomic mass is 10.2. The molecule has 30 heavy (non-hydrogen) atoms. The van der Waals surface area contributed by atoms with Crippen molar-refractivity contribution in [2.45, 2.75) is 13.5 Å². The van der Waals surface area contributed by atoms with E-state index in [2.05, 4.69) is 45.5 Å². The highest BCUT2D eigenvalue weighted by atomic mass is 79.9. The van der Waals surface area contributed by atoms with Crippen molar-refractivity contribution in [1.29, 1.82) is 0 Å². The van der Waals surface area contributed by atoms with Crippen molar-refractivity contribution in [3.8, 4) is 11.5 Å². The summed E-state index contributed by atoms with van der Waals surface area (Å²) in [5.74, 6) is 1.05. The molecule has 1 fully saturated rings. The normalized spacial score (nSPS) is 14.6. The summed E-state index contributed by atoms with van der Waals surface area (Å²) in [7, 11) is 1.59. The van der Waals surface area contributed by atoms with Crippen molar-refractivity contribution in [3.05, 3.63) is 57.6 Å². The lowest BCUT2D eigenvalue weighted by Gasteiger charge is -2.25. The molecular formula is C22H26BrN3O4. The van der Waals surface area contributed by atoms with E-state index < -0.39 is 0 Å². The Morgan fingerprint density at radius 1 is 1.23 bits per heavy atom. The van der Waals surface area contributed by atoms with Gasteiger partial charge in [0.2, 0.25) is 0 Å². The zero-order valence-corrected chi connectivity index (χ0v) is 18.8. The summed E-state index contributed by atoms with van der Waals surface area (Å²) in [5, 5.41) is 4.07. The van der Waals surface area contributed by atoms with Crippen molar-refractivity contribution >= 4 is 28.1 Å². The number of nitrogens with zero attached hydrogens (tertiary/aromatic N) is 2. The summed E-state index contributed by atoms with van der Waals surface area (Å²) in [6.45, 7) is 5.61. The standard InChI is InChI=1S/C22H26BrN3O4/c1-16-3-5-17(6-4-16)15-30-21-12-19(23)18(11-20(21)28-2)13-24-25-22(27)14-26-7-9-29-10-8-26/h3-6,11-13H,7-10,14-15H2,1-2H3,(H,25,27)/b24-13+. The largest absolute Gasteiger partial charge is 0.493 e. The monoisotopic (exact) mass is 475 g/mol. The molecule has 0 bridgehead atoms. The van der Waals surface area contributed by atoms with E-state index in [1.807, 2.05) is 29.2 Å². The van der Waals surface area contributed by atoms with Gasteiger partial charge in [0.15, 0.2) is 11.5 Å². The molecule has 1 amide bonds. The smallest absolute Gasteiger partial charge is 0.254 e. The van der Waals surface area contributed by atoms with Gasteiger partial charge in [-0.25, -0.2) is 5.43 Å². The maximum Gasteiger partial charge on any atom is 0.254 e. The minimum atomic E-state index is -0.158. The van der Waals surface area contributed by atoms with E-state index in [0.29, 0.717) is 37.9 Å². The number of hydrogen-bond donors (Lipinski definition) is 1. The topological polar surface area (TPSA) is 72.4 Å². The number of methoxy groups -OCH3 is 1. The Morgan fingerprint density at radius 3 is 2.67 bits per heavy atom. The van der Waals surface area contributed by atoms with Crippen LogP contribution in [0.5, 0.6) is 11.5 Å². The molecule has 8 heteroatoms. The van der Waals surface area contributed by atoms with Crippen LogP contribution in [0, 0.1) is 6.92 Å². The second-order valence-electron chi connectivity index (χ2n) is 6.98. The minimum absolute atomic E-state index is 0.158. The number of benzene rings is 2. The Balaban J connectivity index is 1.59. The van der Waals surface area contributed by atoms with Gasteiger partial charge in [-0.05, 0) is 40.5 Å². The van der Waals surface area contributed by atoms with Crippen molar-refractivity contribution in [2.75, 3.05) is 40.0 Å². The van der Waals surface area contributed by atoms with E-state index >= 15 is 0 Å². The van der Waals surface area contributed by atoms with Crippen molar-refractivity contribution in [2.24, 2.45) is 5.10 Å². The molecule has 1 heterocycles. The van der Waals surface area contributed by atoms with Gasteiger partial charge in [-0.2, -0.15) is 5.10 Å². The number of halogens is 1. The molecule has 3 rings (SSSR count). The first-order valence-corrected chi connectivity index (χ1v) is 10.5. The average molecular weight is 476 g/mol. The van der Waals surface area contributed by atoms with Crippen LogP contribution in [0.25, 0.3) is 0 Å². The summed E-state index contributed by atoms with van der Waals surface area (Å²) in [6.07, 6.45) is 1.58. The van der Waals surface area contributed by atoms with Gasteiger partial charge in [0, 0.05) is 23.1 Å². The molecule has 0 radical (unpaired) electrons. The fourth-order valence-corrected chi connectivity index (χ4v) is 3.36. The Labute approximate surface area is 185 Å². The van der Waals surface area contributed by atoms with Gasteiger partial charge in [-0.1, -0.05) is 29.8 Å². The quantitative estimate of drug-likeness (QED) is 0.468. The summed E-state index contributed by atoms with van der Waals surface area (Å²) in [5.41, 5.74) is 5.61. The van der Waals surface area contributed by atoms with Gasteiger partial charge in [0.25, 0.3) is 5.91 Å². The van der Waals surface area contributed by atoms with E-state index in [9.17, 15) is 4.79 Å². The molecular weight excluding hydrogens is 450 g/mol. The van der Waals surface area contributed by atoms with E-state index in [1.54, 1.807) is 13.3 Å². The number of hydrazone groups is 1. The van der Waals surface area contributed by atoms with Gasteiger partial charge in [-0.3, -0.25) is 9.69 Å². The van der Waals surface area contributed by atoms with Crippen LogP contribution in [0.4, 0.5) is 0 Å². The Kier molecular flexibility index (Phi) is 8.24. The highest BCUT2D eigenvalue weighted by Gasteiger charge is 2.14. The first kappa shape index (κ1) is 22.3. The third kappa shape index (κ3) is 6.55. The predicted octanol–water partition coefficient (Wildman–Crippen LogP) is 3.13. The number of amides is 1. The summed E-state index contributed by atoms with van der Waals surface area (Å²) < 4.78 is 17.5. The molecule has 0 spiro atoms. The maximum absolute atomic E-state index is 12.0. The molecule has 1 saturated heterocycles. The number of hydrogen-bond acceptors (Lipinski definition) is 6. The Morgan fingerprint density at radius 2 is 1.97 bits per heavy atom. The average Bonchev–Trinajstić information content (AvgIpc) is 2.75. The number of carbonyl (C=O) groups excluding carboxylic acids is 1. The molecule has 2 aromatic carbocycles. The second kappa shape index (κ2) is 11.1. The second-order valence-corrected chi connectivity index (χ2v) is 7.83. The summed E-state index contributed by atoms with van der Waals surface area (Å²) in [4.78, 5) is 14.1. The van der Waals surface area contributed by atoms with Gasteiger partial charge in [0.05, 0.1) is 33.1 Å². The summed E-state index contributed by atoms with van der Waals surface area (Å²) >= 11 is 3.53. The maximum atomic E-state index is 12.0. The predicted molar refractivity (Wildman–Crippen MR) is 119 cm³/mol. The molecule has 2 aromatic rings. The zero-order valence-electron chi connectivity index (χ0n) is 17.2. The number of ether oxygens (including phenoxy) is 3. The SMILES string of the molecule is COc1cc(/C=N/NC(=O)CN2CCOCC2)c(Br)cc1OCc1ccc(C)cc1. The number of morpholine rings is 1. The van der Waals surface area contributed by atoms with Gasteiger partial charge < -0.3 is 14.2 Å². The van der Waals surface area contributed by atoms with E-state index in [0.717, 1.165) is 28.7 Å². The number of carbonyl (C=O) groups is 1. The van der Waals surface area contributed by atoms with E-state index in [4.69, 9.17) is 14.2 Å². The zero-order chi connectivity index (χ0) is 21.3. The fourth-order valence-electron chi connectivity index (χ4n) is 2.94. The first-order valence-electron chi connectivity index (χ1n) is 9.73. The van der Waals surface area contributed by atoms with Gasteiger partial charge >= 0.3 is 0 Å². The van der Waals surface area contributed by atoms with Crippen molar-refractivity contribution < 1.29 is 19.0 Å². The first-order chi connectivity index (χ1) is 14.5. The summed E-state index contributed by atoms with van der Waals surface area (Å²) in [6, 6.07) is 11.8. The Bertz CT molecular complexity index is 881. The molecule has 0 unspecified atom stereocenters. The molecule has 0 aliphatic carbocycles. The molecule has 1 aliphatic rings. The lowest BCUT2D eigenvalue weighted by Crippen LogP contribution is -2.42. The fraction of sp³-hybridized carbons (Fsp3) is 0.364. The molecule has 0 atom stereocenters. The van der Waals surface area contributed by atoms with Crippen LogP contribution in [-0.4, -0.2) is 57.0 Å². The van der Waals surface area contributed by atoms with Crippen molar-refractivity contribution in [3.63, 3.8) is 0 Å². The van der Waals surface area contributed by atoms with Crippen LogP contribution in [0.2, 0.25) is 0 Å². The van der Waals surface area contributed by atoms with Crippen LogP contribution < -0.4 is 14.9 Å². The van der Waals surface area contributed by atoms with Gasteiger partial charge in [-0.15, -0.1) is 0 Å². The molecule has 160 valence electrons. The Hall–Kier alpha value is -2.42. The van der Waals surface area contributed by atoms with Gasteiger partial charge in [0.1, 0.15) is 6.61 Å². The third-order valence-corrected chi connectivity index (χ3v) is 5.35. The van der Waals surface area contributed by atoms with E-state index in [-0.39, 0.29) is 5.91 Å². The number of nitrogens with one attached hydrogen (secondary N) is 1. The number of rotatable bonds is 8. The van der Waals surface area contributed by atoms with Crippen LogP contribution in [-0.2, 0) is 16.1 Å². The molecule has 7 nitrogen and oxygen atoms in total. The van der Waals surface area contributed by atoms with E-state index in [1.165, 1.54) is 5.56 Å². The molecule has 0 saturated carbocycles. The van der Waals surface area contributed by atoms with Crippen LogP contribution in [0.1, 0.15) is 16.7 Å².